The molecule has 0 radical (unpaired) electrons. The van der Waals surface area contributed by atoms with Gasteiger partial charge < -0.3 is 4.57 Å². The number of fused-ring (bicyclic) bond motifs is 2. The molecule has 0 aliphatic heterocycles. The van der Waals surface area contributed by atoms with E-state index in [-0.39, 0.29) is 0 Å². The van der Waals surface area contributed by atoms with E-state index in [0.29, 0.717) is 0 Å². The maximum absolute atomic E-state index is 4.61. The summed E-state index contributed by atoms with van der Waals surface area (Å²) in [5, 5.41) is 1.28. The Balaban J connectivity index is 2.24. The molecule has 19 heavy (non-hydrogen) atoms. The van der Waals surface area contributed by atoms with E-state index in [2.05, 4.69) is 53.2 Å². The standard InChI is InChI=1S/C17H18N2/c1-3-9-18-16-7-5-4-6-13-12-17-14(11-15(13)16)8-10-19(17)2/h3-4,6,8-12H,5,7H2,1-2H3. The summed E-state index contributed by atoms with van der Waals surface area (Å²) in [5.41, 5.74) is 5.00. The molecule has 0 bridgehead atoms. The molecule has 1 aliphatic rings. The van der Waals surface area contributed by atoms with Gasteiger partial charge in [0.25, 0.3) is 0 Å². The minimum Gasteiger partial charge on any atom is -0.351 e. The number of benzene rings is 1. The molecule has 3 rings (SSSR count). The van der Waals surface area contributed by atoms with Gasteiger partial charge in [0, 0.05) is 41.6 Å². The van der Waals surface area contributed by atoms with Crippen LogP contribution < -0.4 is 0 Å². The molecule has 0 unspecified atom stereocenters. The number of aryl methyl sites for hydroxylation is 1. The second-order valence-electron chi connectivity index (χ2n) is 4.92. The number of hydrogen-bond acceptors (Lipinski definition) is 1. The van der Waals surface area contributed by atoms with E-state index < -0.39 is 0 Å². The monoisotopic (exact) mass is 250 g/mol. The van der Waals surface area contributed by atoms with Gasteiger partial charge in [-0.05, 0) is 43.5 Å². The van der Waals surface area contributed by atoms with Crippen LogP contribution in [0.25, 0.3) is 17.0 Å². The molecule has 1 aromatic heterocycles. The average molecular weight is 250 g/mol. The summed E-state index contributed by atoms with van der Waals surface area (Å²) in [6, 6.07) is 6.69. The molecule has 1 aliphatic carbocycles. The highest BCUT2D eigenvalue weighted by atomic mass is 14.9. The third-order valence-electron chi connectivity index (χ3n) is 3.59. The summed E-state index contributed by atoms with van der Waals surface area (Å²) in [6.07, 6.45) is 12.5. The Morgan fingerprint density at radius 1 is 1.32 bits per heavy atom. The fourth-order valence-corrected chi connectivity index (χ4v) is 2.58. The van der Waals surface area contributed by atoms with Crippen LogP contribution in [0.15, 0.2) is 47.7 Å². The highest BCUT2D eigenvalue weighted by Crippen LogP contribution is 2.26. The van der Waals surface area contributed by atoms with Crippen molar-refractivity contribution in [2.24, 2.45) is 12.0 Å². The van der Waals surface area contributed by atoms with Gasteiger partial charge in [-0.15, -0.1) is 0 Å². The van der Waals surface area contributed by atoms with Gasteiger partial charge in [0.2, 0.25) is 0 Å². The van der Waals surface area contributed by atoms with Crippen molar-refractivity contribution < 1.29 is 0 Å². The molecule has 0 N–H and O–H groups in total. The van der Waals surface area contributed by atoms with Crippen molar-refractivity contribution in [2.75, 3.05) is 0 Å². The van der Waals surface area contributed by atoms with Gasteiger partial charge in [0.15, 0.2) is 0 Å². The lowest BCUT2D eigenvalue weighted by molar-refractivity contribution is 0.969. The van der Waals surface area contributed by atoms with Crippen LogP contribution in [0.1, 0.15) is 30.9 Å². The zero-order chi connectivity index (χ0) is 13.2. The minimum absolute atomic E-state index is 1.01. The van der Waals surface area contributed by atoms with Crippen LogP contribution in [0.2, 0.25) is 0 Å². The Bertz CT molecular complexity index is 699. The van der Waals surface area contributed by atoms with Crippen molar-refractivity contribution in [3.05, 3.63) is 53.9 Å². The number of aromatic nitrogens is 1. The normalized spacial score (nSPS) is 17.3. The van der Waals surface area contributed by atoms with Gasteiger partial charge in [-0.1, -0.05) is 18.2 Å². The topological polar surface area (TPSA) is 17.3 Å². The summed E-state index contributed by atoms with van der Waals surface area (Å²) in [4.78, 5) is 4.61. The van der Waals surface area contributed by atoms with Crippen LogP contribution in [0.5, 0.6) is 0 Å². The van der Waals surface area contributed by atoms with Crippen LogP contribution in [0, 0.1) is 0 Å². The quantitative estimate of drug-likeness (QED) is 0.717. The van der Waals surface area contributed by atoms with Crippen molar-refractivity contribution >= 4 is 22.7 Å². The molecule has 96 valence electrons. The molecule has 0 saturated heterocycles. The Labute approximate surface area is 113 Å². The average Bonchev–Trinajstić information content (AvgIpc) is 2.67. The summed E-state index contributed by atoms with van der Waals surface area (Å²) < 4.78 is 2.16. The number of aliphatic imine (C=N–C) groups is 1. The van der Waals surface area contributed by atoms with E-state index in [1.165, 1.54) is 27.7 Å². The Morgan fingerprint density at radius 3 is 3.05 bits per heavy atom. The second-order valence-corrected chi connectivity index (χ2v) is 4.92. The highest BCUT2D eigenvalue weighted by Gasteiger charge is 2.12. The lowest BCUT2D eigenvalue weighted by Crippen LogP contribution is -2.01. The number of nitrogens with zero attached hydrogens (tertiary/aromatic N) is 2. The van der Waals surface area contributed by atoms with Gasteiger partial charge in [-0.2, -0.15) is 0 Å². The van der Waals surface area contributed by atoms with E-state index >= 15 is 0 Å². The van der Waals surface area contributed by atoms with E-state index in [1.807, 2.05) is 19.2 Å². The van der Waals surface area contributed by atoms with Crippen molar-refractivity contribution in [1.82, 2.24) is 4.57 Å². The van der Waals surface area contributed by atoms with Crippen molar-refractivity contribution in [1.29, 1.82) is 0 Å². The van der Waals surface area contributed by atoms with Crippen LogP contribution in [0.3, 0.4) is 0 Å². The van der Waals surface area contributed by atoms with E-state index in [4.69, 9.17) is 0 Å². The van der Waals surface area contributed by atoms with Gasteiger partial charge in [-0.25, -0.2) is 0 Å². The molecular formula is C17H18N2. The molecule has 1 heterocycles. The lowest BCUT2D eigenvalue weighted by atomic mass is 10.00. The maximum atomic E-state index is 4.61. The van der Waals surface area contributed by atoms with E-state index in [9.17, 15) is 0 Å². The predicted octanol–water partition coefficient (Wildman–Crippen LogP) is 4.31. The van der Waals surface area contributed by atoms with Gasteiger partial charge >= 0.3 is 0 Å². The van der Waals surface area contributed by atoms with Gasteiger partial charge in [-0.3, -0.25) is 4.99 Å². The highest BCUT2D eigenvalue weighted by molar-refractivity contribution is 6.07. The van der Waals surface area contributed by atoms with Crippen LogP contribution in [-0.2, 0) is 7.05 Å². The fourth-order valence-electron chi connectivity index (χ4n) is 2.58. The Morgan fingerprint density at radius 2 is 2.21 bits per heavy atom. The minimum atomic E-state index is 1.01. The molecule has 0 spiro atoms. The van der Waals surface area contributed by atoms with E-state index in [0.717, 1.165) is 12.8 Å². The molecule has 1 aromatic carbocycles. The van der Waals surface area contributed by atoms with Crippen molar-refractivity contribution in [3.8, 4) is 0 Å². The molecule has 0 atom stereocenters. The van der Waals surface area contributed by atoms with Crippen molar-refractivity contribution in [3.63, 3.8) is 0 Å². The molecule has 0 amide bonds. The van der Waals surface area contributed by atoms with Gasteiger partial charge in [0.05, 0.1) is 0 Å². The smallest absolute Gasteiger partial charge is 0.0485 e. The summed E-state index contributed by atoms with van der Waals surface area (Å²) >= 11 is 0. The van der Waals surface area contributed by atoms with Crippen LogP contribution in [0.4, 0.5) is 0 Å². The number of hydrogen-bond donors (Lipinski definition) is 0. The molecule has 2 heteroatoms. The maximum Gasteiger partial charge on any atom is 0.0485 e. The zero-order valence-corrected chi connectivity index (χ0v) is 11.4. The Hall–Kier alpha value is -2.09. The molecule has 2 nitrogen and oxygen atoms in total. The molecule has 0 fully saturated rings. The van der Waals surface area contributed by atoms with Crippen molar-refractivity contribution in [2.45, 2.75) is 19.8 Å². The summed E-state index contributed by atoms with van der Waals surface area (Å²) in [6.45, 7) is 2.00. The third-order valence-corrected chi connectivity index (χ3v) is 3.59. The third kappa shape index (κ3) is 2.14. The van der Waals surface area contributed by atoms with Crippen LogP contribution in [-0.4, -0.2) is 10.3 Å². The fraction of sp³-hybridized carbons (Fsp3) is 0.235. The predicted molar refractivity (Wildman–Crippen MR) is 82.5 cm³/mol. The summed E-state index contributed by atoms with van der Waals surface area (Å²) in [5.74, 6) is 0. The van der Waals surface area contributed by atoms with Gasteiger partial charge in [0.1, 0.15) is 0 Å². The van der Waals surface area contributed by atoms with E-state index in [1.54, 1.807) is 0 Å². The number of rotatable bonds is 1. The summed E-state index contributed by atoms with van der Waals surface area (Å²) in [7, 11) is 2.09. The first-order chi connectivity index (χ1) is 9.29. The van der Waals surface area contributed by atoms with Crippen LogP contribution >= 0.6 is 0 Å². The first kappa shape index (κ1) is 12.0. The Kier molecular flexibility index (Phi) is 3.08. The number of allylic oxidation sites excluding steroid dienone is 2. The molecule has 0 saturated carbocycles. The first-order valence-corrected chi connectivity index (χ1v) is 6.73. The second kappa shape index (κ2) is 4.88. The SMILES string of the molecule is CC=CN=C1CCC=Cc2cc3c(ccn3C)cc21. The largest absolute Gasteiger partial charge is 0.351 e. The zero-order valence-electron chi connectivity index (χ0n) is 11.4. The lowest BCUT2D eigenvalue weighted by Gasteiger charge is -2.08. The molecule has 2 aromatic rings. The first-order valence-electron chi connectivity index (χ1n) is 6.73. The molecular weight excluding hydrogens is 232 g/mol.